The molecule has 1 amide bonds. The van der Waals surface area contributed by atoms with Crippen molar-refractivity contribution in [2.24, 2.45) is 7.05 Å². The van der Waals surface area contributed by atoms with E-state index in [1.807, 2.05) is 12.1 Å². The second kappa shape index (κ2) is 8.18. The number of fused-ring (bicyclic) bond motifs is 1. The molecule has 7 nitrogen and oxygen atoms in total. The lowest BCUT2D eigenvalue weighted by atomic mass is 10.1. The predicted octanol–water partition coefficient (Wildman–Crippen LogP) is 2.70. The molecule has 0 aliphatic carbocycles. The van der Waals surface area contributed by atoms with Gasteiger partial charge in [0.1, 0.15) is 5.01 Å². The molecule has 0 unspecified atom stereocenters. The van der Waals surface area contributed by atoms with Crippen molar-refractivity contribution in [1.29, 1.82) is 0 Å². The molecule has 0 fully saturated rings. The molecule has 0 atom stereocenters. The number of rotatable bonds is 7. The fraction of sp³-hybridized carbons (Fsp3) is 0.389. The van der Waals surface area contributed by atoms with Gasteiger partial charge in [0.05, 0.1) is 17.5 Å². The van der Waals surface area contributed by atoms with Crippen LogP contribution in [0.5, 0.6) is 0 Å². The molecular formula is C18H21N5O2S. The molecule has 0 radical (unpaired) electrons. The highest BCUT2D eigenvalue weighted by Gasteiger charge is 2.14. The van der Waals surface area contributed by atoms with Gasteiger partial charge in [-0.05, 0) is 12.5 Å². The Hall–Kier alpha value is -2.61. The molecule has 0 saturated heterocycles. The summed E-state index contributed by atoms with van der Waals surface area (Å²) in [6.07, 6.45) is 4.34. The molecule has 0 spiro atoms. The molecule has 1 N–H and O–H groups in total. The van der Waals surface area contributed by atoms with Gasteiger partial charge >= 0.3 is 0 Å². The van der Waals surface area contributed by atoms with Crippen molar-refractivity contribution >= 4 is 33.1 Å². The molecule has 136 valence electrons. The highest BCUT2D eigenvalue weighted by molar-refractivity contribution is 7.15. The zero-order valence-electron chi connectivity index (χ0n) is 14.9. The van der Waals surface area contributed by atoms with E-state index < -0.39 is 0 Å². The summed E-state index contributed by atoms with van der Waals surface area (Å²) in [5.74, 6) is -0.224. The predicted molar refractivity (Wildman–Crippen MR) is 102 cm³/mol. The molecule has 0 aliphatic heterocycles. The highest BCUT2D eigenvalue weighted by Crippen LogP contribution is 2.19. The molecule has 1 aromatic carbocycles. The minimum atomic E-state index is -0.224. The van der Waals surface area contributed by atoms with E-state index >= 15 is 0 Å². The van der Waals surface area contributed by atoms with Crippen LogP contribution in [-0.4, -0.2) is 25.9 Å². The number of aromatic nitrogens is 4. The maximum absolute atomic E-state index is 12.4. The quantitative estimate of drug-likeness (QED) is 0.645. The lowest BCUT2D eigenvalue weighted by molar-refractivity contribution is -0.115. The molecule has 0 bridgehead atoms. The Balaban J connectivity index is 1.72. The maximum Gasteiger partial charge on any atom is 0.274 e. The summed E-state index contributed by atoms with van der Waals surface area (Å²) in [6.45, 7) is 2.16. The van der Waals surface area contributed by atoms with Crippen LogP contribution in [0.25, 0.3) is 10.8 Å². The van der Waals surface area contributed by atoms with Gasteiger partial charge in [-0.1, -0.05) is 49.3 Å². The number of benzene rings is 1. The van der Waals surface area contributed by atoms with Crippen molar-refractivity contribution in [3.63, 3.8) is 0 Å². The molecule has 0 aliphatic rings. The van der Waals surface area contributed by atoms with Crippen LogP contribution in [0, 0.1) is 0 Å². The zero-order valence-corrected chi connectivity index (χ0v) is 15.7. The van der Waals surface area contributed by atoms with Gasteiger partial charge in [0.2, 0.25) is 11.0 Å². The first-order valence-corrected chi connectivity index (χ1v) is 9.47. The van der Waals surface area contributed by atoms with Crippen LogP contribution < -0.4 is 10.9 Å². The van der Waals surface area contributed by atoms with E-state index in [9.17, 15) is 9.59 Å². The Kier molecular flexibility index (Phi) is 5.72. The van der Waals surface area contributed by atoms with Crippen molar-refractivity contribution in [2.75, 3.05) is 5.32 Å². The van der Waals surface area contributed by atoms with E-state index in [0.717, 1.165) is 30.7 Å². The first-order valence-electron chi connectivity index (χ1n) is 8.65. The fourth-order valence-electron chi connectivity index (χ4n) is 2.75. The molecule has 2 aromatic heterocycles. The summed E-state index contributed by atoms with van der Waals surface area (Å²) in [4.78, 5) is 24.5. The monoisotopic (exact) mass is 371 g/mol. The summed E-state index contributed by atoms with van der Waals surface area (Å²) in [7, 11) is 1.59. The molecule has 8 heteroatoms. The summed E-state index contributed by atoms with van der Waals surface area (Å²) < 4.78 is 1.27. The summed E-state index contributed by atoms with van der Waals surface area (Å²) in [6, 6.07) is 7.18. The Bertz CT molecular complexity index is 979. The smallest absolute Gasteiger partial charge is 0.274 e. The van der Waals surface area contributed by atoms with Crippen LogP contribution >= 0.6 is 11.3 Å². The van der Waals surface area contributed by atoms with Crippen molar-refractivity contribution in [2.45, 2.75) is 39.0 Å². The number of anilines is 1. The number of nitrogens with one attached hydrogen (secondary N) is 1. The van der Waals surface area contributed by atoms with Crippen LogP contribution in [-0.2, 0) is 24.7 Å². The number of carbonyl (C=O) groups excluding carboxylic acids is 1. The average Bonchev–Trinajstić information content (AvgIpc) is 3.07. The van der Waals surface area contributed by atoms with Gasteiger partial charge in [0.25, 0.3) is 5.56 Å². The minimum absolute atomic E-state index is 0.0688. The van der Waals surface area contributed by atoms with Crippen LogP contribution in [0.4, 0.5) is 5.13 Å². The normalized spacial score (nSPS) is 11.0. The molecule has 3 aromatic rings. The third-order valence-electron chi connectivity index (χ3n) is 4.07. The summed E-state index contributed by atoms with van der Waals surface area (Å²) in [5.41, 5.74) is 0.387. The Morgan fingerprint density at radius 1 is 1.19 bits per heavy atom. The van der Waals surface area contributed by atoms with Gasteiger partial charge in [-0.25, -0.2) is 4.68 Å². The second-order valence-electron chi connectivity index (χ2n) is 6.10. The van der Waals surface area contributed by atoms with Crippen LogP contribution in [0.15, 0.2) is 29.1 Å². The van der Waals surface area contributed by atoms with Crippen molar-refractivity contribution in [3.8, 4) is 0 Å². The average molecular weight is 371 g/mol. The number of hydrogen-bond donors (Lipinski definition) is 1. The number of amides is 1. The number of unbranched alkanes of at least 4 members (excludes halogenated alkanes) is 2. The van der Waals surface area contributed by atoms with Crippen LogP contribution in [0.3, 0.4) is 0 Å². The van der Waals surface area contributed by atoms with E-state index in [1.54, 1.807) is 19.2 Å². The highest BCUT2D eigenvalue weighted by atomic mass is 32.1. The molecule has 2 heterocycles. The van der Waals surface area contributed by atoms with Crippen molar-refractivity contribution in [1.82, 2.24) is 20.0 Å². The van der Waals surface area contributed by atoms with E-state index in [2.05, 4.69) is 27.5 Å². The summed E-state index contributed by atoms with van der Waals surface area (Å²) >= 11 is 1.40. The van der Waals surface area contributed by atoms with E-state index in [0.29, 0.717) is 21.6 Å². The maximum atomic E-state index is 12.4. The third-order valence-corrected chi connectivity index (χ3v) is 4.97. The SMILES string of the molecule is CCCCCc1nnc(NC(=O)Cc2nn(C)c(=O)c3ccccc23)s1. The van der Waals surface area contributed by atoms with E-state index in [1.165, 1.54) is 16.0 Å². The summed E-state index contributed by atoms with van der Waals surface area (Å²) in [5, 5.41) is 17.9. The second-order valence-corrected chi connectivity index (χ2v) is 7.17. The fourth-order valence-corrected chi connectivity index (χ4v) is 3.55. The van der Waals surface area contributed by atoms with Crippen molar-refractivity contribution < 1.29 is 4.79 Å². The number of hydrogen-bond acceptors (Lipinski definition) is 6. The minimum Gasteiger partial charge on any atom is -0.300 e. The Labute approximate surface area is 155 Å². The first-order chi connectivity index (χ1) is 12.6. The van der Waals surface area contributed by atoms with Crippen LogP contribution in [0.1, 0.15) is 36.9 Å². The van der Waals surface area contributed by atoms with Crippen LogP contribution in [0.2, 0.25) is 0 Å². The first kappa shape index (κ1) is 18.2. The van der Waals surface area contributed by atoms with Gasteiger partial charge in [0, 0.05) is 18.9 Å². The molecule has 0 saturated carbocycles. The van der Waals surface area contributed by atoms with Gasteiger partial charge in [-0.2, -0.15) is 5.10 Å². The van der Waals surface area contributed by atoms with Gasteiger partial charge in [0.15, 0.2) is 0 Å². The van der Waals surface area contributed by atoms with Gasteiger partial charge < -0.3 is 5.32 Å². The number of carbonyl (C=O) groups is 1. The largest absolute Gasteiger partial charge is 0.300 e. The number of aryl methyl sites for hydroxylation is 2. The van der Waals surface area contributed by atoms with E-state index in [4.69, 9.17) is 0 Å². The topological polar surface area (TPSA) is 89.8 Å². The molecular weight excluding hydrogens is 350 g/mol. The molecule has 26 heavy (non-hydrogen) atoms. The van der Waals surface area contributed by atoms with Gasteiger partial charge in [-0.3, -0.25) is 9.59 Å². The lowest BCUT2D eigenvalue weighted by Crippen LogP contribution is -2.24. The zero-order chi connectivity index (χ0) is 18.5. The molecule has 3 rings (SSSR count). The standard InChI is InChI=1S/C18H21N5O2S/c1-3-4-5-10-16-20-21-18(26-16)19-15(24)11-14-12-8-6-7-9-13(12)17(25)23(2)22-14/h6-9H,3-5,10-11H2,1-2H3,(H,19,21,24). The number of nitrogens with zero attached hydrogens (tertiary/aromatic N) is 4. The third kappa shape index (κ3) is 4.13. The Morgan fingerprint density at radius 3 is 2.73 bits per heavy atom. The van der Waals surface area contributed by atoms with Gasteiger partial charge in [-0.15, -0.1) is 10.2 Å². The Morgan fingerprint density at radius 2 is 1.96 bits per heavy atom. The lowest BCUT2D eigenvalue weighted by Gasteiger charge is -2.07. The van der Waals surface area contributed by atoms with E-state index in [-0.39, 0.29) is 17.9 Å². The van der Waals surface area contributed by atoms with Crippen molar-refractivity contribution in [3.05, 3.63) is 45.3 Å².